The van der Waals surface area contributed by atoms with Gasteiger partial charge >= 0.3 is 6.18 Å². The molecule has 1 aromatic rings. The van der Waals surface area contributed by atoms with Crippen LogP contribution in [0.15, 0.2) is 18.2 Å². The number of nitrogens with two attached hydrogens (primary N) is 1. The van der Waals surface area contributed by atoms with E-state index in [4.69, 9.17) is 10.5 Å². The Kier molecular flexibility index (Phi) is 5.47. The first kappa shape index (κ1) is 16.1. The molecule has 2 N–H and O–H groups in total. The molecule has 0 spiro atoms. The average Bonchev–Trinajstić information content (AvgIpc) is 2.42. The molecular formula is C15H20F3NO2. The summed E-state index contributed by atoms with van der Waals surface area (Å²) in [6.07, 6.45) is -0.907. The van der Waals surface area contributed by atoms with Gasteiger partial charge < -0.3 is 15.2 Å². The number of fused-ring (bicyclic) bond motifs is 1. The first-order chi connectivity index (χ1) is 9.97. The van der Waals surface area contributed by atoms with E-state index in [0.29, 0.717) is 13.0 Å². The zero-order valence-electron chi connectivity index (χ0n) is 11.8. The second-order valence-electron chi connectivity index (χ2n) is 5.19. The van der Waals surface area contributed by atoms with Crippen LogP contribution in [0.1, 0.15) is 36.4 Å². The summed E-state index contributed by atoms with van der Waals surface area (Å²) in [5, 5.41) is 0. The number of hydrogen-bond acceptors (Lipinski definition) is 3. The molecule has 2 rings (SSSR count). The molecular weight excluding hydrogens is 283 g/mol. The highest BCUT2D eigenvalue weighted by atomic mass is 19.4. The Labute approximate surface area is 122 Å². The number of hydrogen-bond donors (Lipinski definition) is 1. The Hall–Kier alpha value is -1.27. The topological polar surface area (TPSA) is 44.5 Å². The van der Waals surface area contributed by atoms with Gasteiger partial charge in [-0.15, -0.1) is 0 Å². The van der Waals surface area contributed by atoms with Crippen molar-refractivity contribution < 1.29 is 22.6 Å². The van der Waals surface area contributed by atoms with Crippen molar-refractivity contribution in [3.05, 3.63) is 29.3 Å². The summed E-state index contributed by atoms with van der Waals surface area (Å²) in [5.41, 5.74) is 8.32. The van der Waals surface area contributed by atoms with Gasteiger partial charge in [0.15, 0.2) is 0 Å². The Balaban J connectivity index is 1.78. The van der Waals surface area contributed by atoms with Crippen molar-refractivity contribution in [1.29, 1.82) is 0 Å². The van der Waals surface area contributed by atoms with Crippen LogP contribution in [0.3, 0.4) is 0 Å². The van der Waals surface area contributed by atoms with Crippen LogP contribution in [0, 0.1) is 0 Å². The summed E-state index contributed by atoms with van der Waals surface area (Å²) in [6.45, 7) is -0.833. The Morgan fingerprint density at radius 2 is 2.05 bits per heavy atom. The van der Waals surface area contributed by atoms with Gasteiger partial charge in [0.25, 0.3) is 0 Å². The van der Waals surface area contributed by atoms with Crippen LogP contribution >= 0.6 is 0 Å². The lowest BCUT2D eigenvalue weighted by Gasteiger charge is -2.24. The van der Waals surface area contributed by atoms with Gasteiger partial charge in [0, 0.05) is 12.5 Å². The van der Waals surface area contributed by atoms with Gasteiger partial charge in [-0.05, 0) is 36.5 Å². The summed E-state index contributed by atoms with van der Waals surface area (Å²) in [7, 11) is 0. The van der Waals surface area contributed by atoms with Crippen LogP contribution in [0.2, 0.25) is 0 Å². The molecule has 1 aliphatic rings. The van der Waals surface area contributed by atoms with Crippen molar-refractivity contribution >= 4 is 0 Å². The van der Waals surface area contributed by atoms with Gasteiger partial charge in [0.1, 0.15) is 12.4 Å². The maximum atomic E-state index is 11.9. The van der Waals surface area contributed by atoms with Crippen molar-refractivity contribution in [1.82, 2.24) is 0 Å². The van der Waals surface area contributed by atoms with Crippen molar-refractivity contribution in [3.8, 4) is 5.75 Å². The average molecular weight is 303 g/mol. The highest BCUT2D eigenvalue weighted by molar-refractivity contribution is 5.43. The third-order valence-corrected chi connectivity index (χ3v) is 3.47. The zero-order valence-corrected chi connectivity index (χ0v) is 11.8. The normalized spacial score (nSPS) is 18.4. The van der Waals surface area contributed by atoms with Gasteiger partial charge in [-0.1, -0.05) is 12.1 Å². The summed E-state index contributed by atoms with van der Waals surface area (Å²) < 4.78 is 45.9. The fourth-order valence-electron chi connectivity index (χ4n) is 2.52. The number of alkyl halides is 3. The predicted octanol–water partition coefficient (Wildman–Crippen LogP) is 3.37. The van der Waals surface area contributed by atoms with E-state index in [1.54, 1.807) is 0 Å². The lowest BCUT2D eigenvalue weighted by Crippen LogP contribution is -2.19. The van der Waals surface area contributed by atoms with E-state index in [1.807, 2.05) is 18.2 Å². The summed E-state index contributed by atoms with van der Waals surface area (Å²) in [4.78, 5) is 0. The van der Waals surface area contributed by atoms with Crippen molar-refractivity contribution in [2.45, 2.75) is 37.9 Å². The molecule has 0 saturated heterocycles. The Bertz CT molecular complexity index is 463. The third-order valence-electron chi connectivity index (χ3n) is 3.47. The fraction of sp³-hybridized carbons (Fsp3) is 0.600. The van der Waals surface area contributed by atoms with Crippen LogP contribution in [0.4, 0.5) is 13.2 Å². The molecule has 6 heteroatoms. The van der Waals surface area contributed by atoms with Gasteiger partial charge in [-0.2, -0.15) is 13.2 Å². The molecule has 1 aliphatic carbocycles. The maximum Gasteiger partial charge on any atom is 0.411 e. The quantitative estimate of drug-likeness (QED) is 0.820. The number of rotatable bonds is 6. The second kappa shape index (κ2) is 7.13. The minimum atomic E-state index is -4.27. The predicted molar refractivity (Wildman–Crippen MR) is 73.3 cm³/mol. The van der Waals surface area contributed by atoms with Crippen LogP contribution in [0.25, 0.3) is 0 Å². The Morgan fingerprint density at radius 3 is 2.81 bits per heavy atom. The molecule has 0 bridgehead atoms. The highest BCUT2D eigenvalue weighted by Gasteiger charge is 2.27. The van der Waals surface area contributed by atoms with Gasteiger partial charge in [-0.25, -0.2) is 0 Å². The molecule has 0 aromatic heterocycles. The van der Waals surface area contributed by atoms with Gasteiger partial charge in [0.2, 0.25) is 0 Å². The van der Waals surface area contributed by atoms with Crippen LogP contribution in [-0.4, -0.2) is 26.0 Å². The minimum Gasteiger partial charge on any atom is -0.493 e. The molecule has 21 heavy (non-hydrogen) atoms. The zero-order chi connectivity index (χ0) is 15.3. The molecule has 1 atom stereocenters. The number of ether oxygens (including phenoxy) is 2. The van der Waals surface area contributed by atoms with Crippen LogP contribution in [0.5, 0.6) is 5.75 Å². The molecule has 0 amide bonds. The first-order valence-electron chi connectivity index (χ1n) is 7.12. The molecule has 1 unspecified atom stereocenters. The molecule has 0 fully saturated rings. The van der Waals surface area contributed by atoms with Crippen molar-refractivity contribution in [2.75, 3.05) is 19.8 Å². The van der Waals surface area contributed by atoms with E-state index in [9.17, 15) is 13.2 Å². The molecule has 0 radical (unpaired) electrons. The first-order valence-corrected chi connectivity index (χ1v) is 7.12. The minimum absolute atomic E-state index is 0.0358. The maximum absolute atomic E-state index is 11.9. The Morgan fingerprint density at radius 1 is 1.24 bits per heavy atom. The lowest BCUT2D eigenvalue weighted by atomic mass is 9.87. The highest BCUT2D eigenvalue weighted by Crippen LogP contribution is 2.34. The number of halogens is 3. The monoisotopic (exact) mass is 303 g/mol. The van der Waals surface area contributed by atoms with E-state index in [0.717, 1.165) is 36.1 Å². The smallest absolute Gasteiger partial charge is 0.411 e. The van der Waals surface area contributed by atoms with Crippen LogP contribution < -0.4 is 10.5 Å². The second-order valence-corrected chi connectivity index (χ2v) is 5.19. The molecule has 1 aromatic carbocycles. The standard InChI is InChI=1S/C15H20F3NO2/c16-15(17,18)10-20-8-3-9-21-14-7-2-4-11-12(14)5-1-6-13(11)19/h2,4,7,13H,1,3,5-6,8-10,19H2. The van der Waals surface area contributed by atoms with E-state index < -0.39 is 12.8 Å². The largest absolute Gasteiger partial charge is 0.493 e. The molecule has 0 aliphatic heterocycles. The van der Waals surface area contributed by atoms with Crippen molar-refractivity contribution in [2.24, 2.45) is 5.73 Å². The van der Waals surface area contributed by atoms with E-state index >= 15 is 0 Å². The van der Waals surface area contributed by atoms with E-state index in [2.05, 4.69) is 4.74 Å². The van der Waals surface area contributed by atoms with E-state index in [1.165, 1.54) is 0 Å². The van der Waals surface area contributed by atoms with E-state index in [-0.39, 0.29) is 12.6 Å². The molecule has 118 valence electrons. The third kappa shape index (κ3) is 4.89. The molecule has 0 saturated carbocycles. The summed E-state index contributed by atoms with van der Waals surface area (Å²) in [5.74, 6) is 0.790. The summed E-state index contributed by atoms with van der Waals surface area (Å²) in [6, 6.07) is 5.85. The molecule has 3 nitrogen and oxygen atoms in total. The number of benzene rings is 1. The van der Waals surface area contributed by atoms with Crippen LogP contribution in [-0.2, 0) is 11.2 Å². The molecule has 0 heterocycles. The fourth-order valence-corrected chi connectivity index (χ4v) is 2.52. The van der Waals surface area contributed by atoms with Gasteiger partial charge in [0.05, 0.1) is 13.2 Å². The van der Waals surface area contributed by atoms with Gasteiger partial charge in [-0.3, -0.25) is 0 Å². The summed E-state index contributed by atoms with van der Waals surface area (Å²) >= 11 is 0. The SMILES string of the molecule is NC1CCCc2c(OCCCOCC(F)(F)F)cccc21. The lowest BCUT2D eigenvalue weighted by molar-refractivity contribution is -0.174. The van der Waals surface area contributed by atoms with Crippen molar-refractivity contribution in [3.63, 3.8) is 0 Å².